The Labute approximate surface area is 126 Å². The van der Waals surface area contributed by atoms with Gasteiger partial charge in [-0.25, -0.2) is 0 Å². The third-order valence-corrected chi connectivity index (χ3v) is 3.57. The minimum absolute atomic E-state index is 0.163. The van der Waals surface area contributed by atoms with E-state index in [4.69, 9.17) is 5.11 Å². The van der Waals surface area contributed by atoms with Gasteiger partial charge in [-0.05, 0) is 60.9 Å². The maximum Gasteiger partial charge on any atom is 0.0658 e. The summed E-state index contributed by atoms with van der Waals surface area (Å²) in [5.41, 5.74) is 5.68. The maximum atomic E-state index is 9.01. The van der Waals surface area contributed by atoms with Gasteiger partial charge in [-0.1, -0.05) is 12.1 Å². The molecule has 0 aliphatic rings. The minimum atomic E-state index is 0.163. The van der Waals surface area contributed by atoms with Crippen molar-refractivity contribution in [3.8, 4) is 0 Å². The molecule has 1 N–H and O–H groups in total. The second-order valence-corrected chi connectivity index (χ2v) is 5.23. The number of allylic oxidation sites excluding steroid dienone is 1. The number of aryl methyl sites for hydroxylation is 1. The molecule has 0 radical (unpaired) electrons. The number of aromatic nitrogens is 1. The first kappa shape index (κ1) is 15.3. The highest BCUT2D eigenvalue weighted by molar-refractivity contribution is 5.80. The summed E-state index contributed by atoms with van der Waals surface area (Å²) in [6.07, 6.45) is 3.97. The Bertz CT molecular complexity index is 620. The maximum absolute atomic E-state index is 9.01. The van der Waals surface area contributed by atoms with Crippen LogP contribution in [0.2, 0.25) is 0 Å². The van der Waals surface area contributed by atoms with Crippen LogP contribution < -0.4 is 4.90 Å². The molecule has 1 aromatic carbocycles. The van der Waals surface area contributed by atoms with Crippen LogP contribution in [0.3, 0.4) is 0 Å². The molecule has 2 rings (SSSR count). The standard InChI is InChI=1S/C18H22N2O/c1-14-13-17(20(3)10-11-21)8-7-16(14)12-15(2)18-6-4-5-9-19-18/h4-9,12-13,21H,10-11H2,1-3H3/b15-12+. The molecule has 0 aliphatic heterocycles. The van der Waals surface area contributed by atoms with Crippen molar-refractivity contribution in [1.29, 1.82) is 0 Å². The Morgan fingerprint density at radius 1 is 1.29 bits per heavy atom. The van der Waals surface area contributed by atoms with E-state index in [2.05, 4.69) is 43.1 Å². The van der Waals surface area contributed by atoms with Crippen molar-refractivity contribution < 1.29 is 5.11 Å². The summed E-state index contributed by atoms with van der Waals surface area (Å²) in [6, 6.07) is 12.3. The number of benzene rings is 1. The zero-order valence-corrected chi connectivity index (χ0v) is 12.9. The Hall–Kier alpha value is -2.13. The highest BCUT2D eigenvalue weighted by Crippen LogP contribution is 2.22. The fourth-order valence-corrected chi connectivity index (χ4v) is 2.24. The fourth-order valence-electron chi connectivity index (χ4n) is 2.24. The van der Waals surface area contributed by atoms with Gasteiger partial charge in [-0.15, -0.1) is 0 Å². The average molecular weight is 282 g/mol. The molecular formula is C18H22N2O. The lowest BCUT2D eigenvalue weighted by molar-refractivity contribution is 0.304. The van der Waals surface area contributed by atoms with Gasteiger partial charge in [0.1, 0.15) is 0 Å². The summed E-state index contributed by atoms with van der Waals surface area (Å²) in [5.74, 6) is 0. The molecule has 0 atom stereocenters. The molecule has 0 bridgehead atoms. The number of aliphatic hydroxyl groups is 1. The van der Waals surface area contributed by atoms with Crippen LogP contribution in [-0.2, 0) is 0 Å². The Morgan fingerprint density at radius 3 is 2.71 bits per heavy atom. The smallest absolute Gasteiger partial charge is 0.0658 e. The van der Waals surface area contributed by atoms with E-state index in [-0.39, 0.29) is 6.61 Å². The summed E-state index contributed by atoms with van der Waals surface area (Å²) in [7, 11) is 1.99. The minimum Gasteiger partial charge on any atom is -0.395 e. The predicted octanol–water partition coefficient (Wildman–Crippen LogP) is 3.38. The monoisotopic (exact) mass is 282 g/mol. The summed E-state index contributed by atoms with van der Waals surface area (Å²) in [6.45, 7) is 4.99. The van der Waals surface area contributed by atoms with Crippen molar-refractivity contribution in [2.45, 2.75) is 13.8 Å². The van der Waals surface area contributed by atoms with Crippen LogP contribution in [0, 0.1) is 6.92 Å². The largest absolute Gasteiger partial charge is 0.395 e. The predicted molar refractivity (Wildman–Crippen MR) is 89.3 cm³/mol. The lowest BCUT2D eigenvalue weighted by atomic mass is 10.0. The van der Waals surface area contributed by atoms with Gasteiger partial charge in [0, 0.05) is 25.5 Å². The third kappa shape index (κ3) is 3.92. The Morgan fingerprint density at radius 2 is 2.10 bits per heavy atom. The van der Waals surface area contributed by atoms with E-state index in [1.54, 1.807) is 0 Å². The van der Waals surface area contributed by atoms with E-state index < -0.39 is 0 Å². The molecule has 2 aromatic rings. The number of aliphatic hydroxyl groups excluding tert-OH is 1. The number of hydrogen-bond donors (Lipinski definition) is 1. The molecule has 0 unspecified atom stereocenters. The van der Waals surface area contributed by atoms with E-state index in [0.29, 0.717) is 6.54 Å². The molecule has 0 spiro atoms. The van der Waals surface area contributed by atoms with E-state index >= 15 is 0 Å². The van der Waals surface area contributed by atoms with Gasteiger partial charge in [0.05, 0.1) is 12.3 Å². The molecule has 0 aliphatic carbocycles. The Kier molecular flexibility index (Phi) is 5.12. The van der Waals surface area contributed by atoms with Gasteiger partial charge < -0.3 is 10.0 Å². The molecular weight excluding hydrogens is 260 g/mol. The first-order valence-electron chi connectivity index (χ1n) is 7.14. The fraction of sp³-hybridized carbons (Fsp3) is 0.278. The Balaban J connectivity index is 2.25. The molecule has 1 heterocycles. The number of anilines is 1. The molecule has 21 heavy (non-hydrogen) atoms. The van der Waals surface area contributed by atoms with Crippen LogP contribution >= 0.6 is 0 Å². The number of nitrogens with zero attached hydrogens (tertiary/aromatic N) is 2. The third-order valence-electron chi connectivity index (χ3n) is 3.57. The molecule has 3 nitrogen and oxygen atoms in total. The van der Waals surface area contributed by atoms with Crippen LogP contribution in [0.15, 0.2) is 42.6 Å². The number of pyridine rings is 1. The second-order valence-electron chi connectivity index (χ2n) is 5.23. The van der Waals surface area contributed by atoms with Gasteiger partial charge in [0.2, 0.25) is 0 Å². The van der Waals surface area contributed by atoms with E-state index in [9.17, 15) is 0 Å². The van der Waals surface area contributed by atoms with Gasteiger partial charge >= 0.3 is 0 Å². The van der Waals surface area contributed by atoms with Crippen molar-refractivity contribution in [3.05, 3.63) is 59.4 Å². The quantitative estimate of drug-likeness (QED) is 0.913. The summed E-state index contributed by atoms with van der Waals surface area (Å²) in [5, 5.41) is 9.01. The summed E-state index contributed by atoms with van der Waals surface area (Å²) in [4.78, 5) is 6.42. The first-order valence-corrected chi connectivity index (χ1v) is 7.14. The molecule has 1 aromatic heterocycles. The molecule has 0 saturated heterocycles. The van der Waals surface area contributed by atoms with Crippen LogP contribution in [0.4, 0.5) is 5.69 Å². The normalized spacial score (nSPS) is 11.5. The lowest BCUT2D eigenvalue weighted by Gasteiger charge is -2.19. The van der Waals surface area contributed by atoms with Crippen molar-refractivity contribution in [2.24, 2.45) is 0 Å². The van der Waals surface area contributed by atoms with Crippen molar-refractivity contribution in [3.63, 3.8) is 0 Å². The van der Waals surface area contributed by atoms with E-state index in [1.165, 1.54) is 11.1 Å². The first-order chi connectivity index (χ1) is 10.1. The highest BCUT2D eigenvalue weighted by Gasteiger charge is 2.04. The molecule has 0 fully saturated rings. The summed E-state index contributed by atoms with van der Waals surface area (Å²) < 4.78 is 0. The SMILES string of the molecule is C/C(=C\c1ccc(N(C)CCO)cc1C)c1ccccn1. The van der Waals surface area contributed by atoms with Crippen molar-refractivity contribution in [1.82, 2.24) is 4.98 Å². The van der Waals surface area contributed by atoms with Crippen molar-refractivity contribution in [2.75, 3.05) is 25.1 Å². The van der Waals surface area contributed by atoms with Gasteiger partial charge in [-0.2, -0.15) is 0 Å². The molecule has 0 saturated carbocycles. The highest BCUT2D eigenvalue weighted by atomic mass is 16.3. The van der Waals surface area contributed by atoms with Gasteiger partial charge in [0.15, 0.2) is 0 Å². The zero-order valence-electron chi connectivity index (χ0n) is 12.9. The molecule has 0 amide bonds. The molecule has 3 heteroatoms. The van der Waals surface area contributed by atoms with Crippen LogP contribution in [0.25, 0.3) is 11.6 Å². The topological polar surface area (TPSA) is 36.4 Å². The number of likely N-dealkylation sites (N-methyl/N-ethyl adjacent to an activating group) is 1. The average Bonchev–Trinajstić information content (AvgIpc) is 2.50. The van der Waals surface area contributed by atoms with E-state index in [0.717, 1.165) is 17.0 Å². The zero-order chi connectivity index (χ0) is 15.2. The lowest BCUT2D eigenvalue weighted by Crippen LogP contribution is -2.21. The second kappa shape index (κ2) is 7.04. The molecule has 110 valence electrons. The van der Waals surface area contributed by atoms with Crippen molar-refractivity contribution >= 4 is 17.3 Å². The van der Waals surface area contributed by atoms with Crippen LogP contribution in [-0.4, -0.2) is 30.3 Å². The summed E-state index contributed by atoms with van der Waals surface area (Å²) >= 11 is 0. The van der Waals surface area contributed by atoms with Crippen LogP contribution in [0.1, 0.15) is 23.7 Å². The van der Waals surface area contributed by atoms with Gasteiger partial charge in [0.25, 0.3) is 0 Å². The number of rotatable bonds is 5. The van der Waals surface area contributed by atoms with Crippen LogP contribution in [0.5, 0.6) is 0 Å². The number of hydrogen-bond acceptors (Lipinski definition) is 3. The van der Waals surface area contributed by atoms with E-state index in [1.807, 2.05) is 36.3 Å². The van der Waals surface area contributed by atoms with Gasteiger partial charge in [-0.3, -0.25) is 4.98 Å².